The van der Waals surface area contributed by atoms with Gasteiger partial charge in [-0.3, -0.25) is 0 Å². The van der Waals surface area contributed by atoms with Crippen LogP contribution in [0.3, 0.4) is 0 Å². The topological polar surface area (TPSA) is 104 Å². The average Bonchev–Trinajstić information content (AvgIpc) is 3.45. The molecule has 1 aliphatic heterocycles. The Morgan fingerprint density at radius 1 is 0.750 bits per heavy atom. The van der Waals surface area contributed by atoms with E-state index in [1.54, 1.807) is 0 Å². The van der Waals surface area contributed by atoms with Crippen molar-refractivity contribution in [1.82, 2.24) is 0 Å². The van der Waals surface area contributed by atoms with Gasteiger partial charge in [-0.2, -0.15) is 0 Å². The van der Waals surface area contributed by atoms with Crippen molar-refractivity contribution < 1.29 is 38.2 Å². The molecule has 0 aromatic rings. The number of nitrogens with zero attached hydrogens (tertiary/aromatic N) is 1. The van der Waals surface area contributed by atoms with Crippen molar-refractivity contribution in [1.29, 1.82) is 0 Å². The second-order valence-corrected chi connectivity index (χ2v) is 9.61. The van der Waals surface area contributed by atoms with Gasteiger partial charge < -0.3 is 4.74 Å². The fourth-order valence-electron chi connectivity index (χ4n) is 4.56. The van der Waals surface area contributed by atoms with Gasteiger partial charge in [0.05, 0.1) is 0 Å². The molecule has 0 aromatic carbocycles. The molecular formula is C25H32ClNO5. The highest BCUT2D eigenvalue weighted by Crippen LogP contribution is 2.40. The molecule has 174 valence electrons. The van der Waals surface area contributed by atoms with Gasteiger partial charge in [-0.25, -0.2) is 23.2 Å². The fourth-order valence-corrected chi connectivity index (χ4v) is 4.56. The zero-order valence-electron chi connectivity index (χ0n) is 18.8. The third-order valence-electron chi connectivity index (χ3n) is 6.25. The van der Waals surface area contributed by atoms with Crippen molar-refractivity contribution in [3.05, 3.63) is 71.3 Å². The molecule has 1 heterocycles. The molecule has 0 N–H and O–H groups in total. The summed E-state index contributed by atoms with van der Waals surface area (Å²) in [6, 6.07) is 0. The Morgan fingerprint density at radius 3 is 1.56 bits per heavy atom. The third-order valence-corrected chi connectivity index (χ3v) is 6.25. The first-order valence-corrected chi connectivity index (χ1v) is 12.5. The van der Waals surface area contributed by atoms with E-state index in [0.717, 1.165) is 0 Å². The monoisotopic (exact) mass is 461 g/mol. The highest BCUT2D eigenvalue weighted by molar-refractivity contribution is 6.02. The van der Waals surface area contributed by atoms with Gasteiger partial charge in [-0.15, -0.1) is 10.2 Å². The van der Waals surface area contributed by atoms with Crippen molar-refractivity contribution in [3.63, 3.8) is 0 Å². The van der Waals surface area contributed by atoms with Gasteiger partial charge in [0.15, 0.2) is 5.71 Å². The number of hydrogen-bond donors (Lipinski definition) is 0. The molecule has 0 radical (unpaired) electrons. The van der Waals surface area contributed by atoms with Crippen molar-refractivity contribution >= 4 is 5.71 Å². The number of allylic oxidation sites excluding steroid dienone is 12. The van der Waals surface area contributed by atoms with E-state index in [1.165, 1.54) is 79.7 Å². The molecule has 6 nitrogen and oxygen atoms in total. The predicted octanol–water partition coefficient (Wildman–Crippen LogP) is 1.10. The zero-order valence-corrected chi connectivity index (χ0v) is 19.6. The van der Waals surface area contributed by atoms with E-state index >= 15 is 0 Å². The quantitative estimate of drug-likeness (QED) is 0.585. The number of hydrogen-bond acceptors (Lipinski definition) is 5. The maximum atomic E-state index is 8.49. The standard InChI is InChI=1S/C25H32NO.ClHO4/c1-26(2)23-15-13-19(14-16-23)11-12-20-17-24(21-7-3-4-8-21)27-25(18-20)22-9-5-6-10-22;2-1(3,4)5/h11-18,21-22H,3-10H2,1-2H3;(H,2,3,4,5)/q+1;/p-1. The molecule has 2 saturated carbocycles. The first-order valence-electron chi connectivity index (χ1n) is 11.2. The first kappa shape index (κ1) is 24.7. The van der Waals surface area contributed by atoms with E-state index in [4.69, 9.17) is 23.4 Å². The van der Waals surface area contributed by atoms with Gasteiger partial charge in [0.2, 0.25) is 0 Å². The Morgan fingerprint density at radius 2 is 1.16 bits per heavy atom. The van der Waals surface area contributed by atoms with Crippen LogP contribution in [0.5, 0.6) is 0 Å². The first-order chi connectivity index (χ1) is 15.2. The molecular weight excluding hydrogens is 430 g/mol. The van der Waals surface area contributed by atoms with Crippen molar-refractivity contribution in [3.8, 4) is 0 Å². The summed E-state index contributed by atoms with van der Waals surface area (Å²) < 4.78 is 42.5. The second kappa shape index (κ2) is 11.3. The summed E-state index contributed by atoms with van der Waals surface area (Å²) in [5.41, 5.74) is 3.77. The maximum absolute atomic E-state index is 8.49. The minimum Gasteiger partial charge on any atom is -0.465 e. The highest BCUT2D eigenvalue weighted by Gasteiger charge is 2.28. The predicted molar refractivity (Wildman–Crippen MR) is 113 cm³/mol. The molecule has 0 atom stereocenters. The minimum absolute atomic E-state index is 0.623. The van der Waals surface area contributed by atoms with E-state index < -0.39 is 10.2 Å². The van der Waals surface area contributed by atoms with Gasteiger partial charge in [0.25, 0.3) is 0 Å². The smallest absolute Gasteiger partial charge is 0.199 e. The van der Waals surface area contributed by atoms with Crippen LogP contribution in [-0.2, 0) is 4.74 Å². The Hall–Kier alpha value is -1.96. The van der Waals surface area contributed by atoms with E-state index in [9.17, 15) is 0 Å². The van der Waals surface area contributed by atoms with E-state index in [1.807, 2.05) is 0 Å². The van der Waals surface area contributed by atoms with Crippen LogP contribution in [0.1, 0.15) is 51.4 Å². The van der Waals surface area contributed by atoms with Crippen molar-refractivity contribution in [2.75, 3.05) is 14.1 Å². The third kappa shape index (κ3) is 7.87. The number of rotatable bonds is 3. The van der Waals surface area contributed by atoms with E-state index in [2.05, 4.69) is 67.3 Å². The Balaban J connectivity index is 0.000000523. The normalized spacial score (nSPS) is 21.6. The summed E-state index contributed by atoms with van der Waals surface area (Å²) in [6.07, 6.45) is 28.3. The lowest BCUT2D eigenvalue weighted by Crippen LogP contribution is -2.68. The Kier molecular flexibility index (Phi) is 8.68. The van der Waals surface area contributed by atoms with Crippen molar-refractivity contribution in [2.45, 2.75) is 51.4 Å². The SMILES string of the molecule is C[N+](C)=C1C=CC(=CC=C2C=C(C3CCCC3)OC(C3CCCC3)=C2)C=C1.[O-][Cl+3]([O-])([O-])[O-]. The van der Waals surface area contributed by atoms with Gasteiger partial charge in [0, 0.05) is 24.0 Å². The highest BCUT2D eigenvalue weighted by atomic mass is 35.7. The molecule has 2 fully saturated rings. The van der Waals surface area contributed by atoms with Gasteiger partial charge in [-0.1, -0.05) is 37.8 Å². The maximum Gasteiger partial charge on any atom is 0.199 e. The van der Waals surface area contributed by atoms with Crippen molar-refractivity contribution in [2.24, 2.45) is 11.8 Å². The molecule has 0 bridgehead atoms. The van der Waals surface area contributed by atoms with Gasteiger partial charge >= 0.3 is 0 Å². The lowest BCUT2D eigenvalue weighted by molar-refractivity contribution is -2.00. The molecule has 7 heteroatoms. The van der Waals surface area contributed by atoms with Crippen LogP contribution in [-0.4, -0.2) is 24.4 Å². The van der Waals surface area contributed by atoms with Crippen LogP contribution in [0, 0.1) is 22.1 Å². The number of halogens is 1. The minimum atomic E-state index is -4.94. The van der Waals surface area contributed by atoms with Gasteiger partial charge in [0.1, 0.15) is 25.6 Å². The molecule has 4 aliphatic rings. The molecule has 32 heavy (non-hydrogen) atoms. The second-order valence-electron chi connectivity index (χ2n) is 8.86. The molecule has 0 saturated heterocycles. The van der Waals surface area contributed by atoms with E-state index in [0.29, 0.717) is 11.8 Å². The van der Waals surface area contributed by atoms with E-state index in [-0.39, 0.29) is 0 Å². The van der Waals surface area contributed by atoms with Gasteiger partial charge in [-0.05, 0) is 61.1 Å². The van der Waals surface area contributed by atoms with Crippen LogP contribution < -0.4 is 18.6 Å². The molecule has 0 amide bonds. The van der Waals surface area contributed by atoms with Crippen LogP contribution in [0.15, 0.2) is 71.3 Å². The van der Waals surface area contributed by atoms with Crippen LogP contribution in [0.4, 0.5) is 0 Å². The summed E-state index contributed by atoms with van der Waals surface area (Å²) in [5.74, 6) is 3.69. The average molecular weight is 462 g/mol. The molecule has 4 rings (SSSR count). The summed E-state index contributed by atoms with van der Waals surface area (Å²) in [5, 5.41) is 0. The Labute approximate surface area is 192 Å². The zero-order chi connectivity index (χ0) is 23.1. The summed E-state index contributed by atoms with van der Waals surface area (Å²) >= 11 is 0. The molecule has 0 spiro atoms. The molecule has 0 unspecified atom stereocenters. The largest absolute Gasteiger partial charge is 0.465 e. The van der Waals surface area contributed by atoms with Crippen LogP contribution >= 0.6 is 0 Å². The lowest BCUT2D eigenvalue weighted by atomic mass is 9.96. The van der Waals surface area contributed by atoms with Crippen LogP contribution in [0.25, 0.3) is 0 Å². The Bertz CT molecular complexity index is 828. The lowest BCUT2D eigenvalue weighted by Gasteiger charge is -2.25. The summed E-state index contributed by atoms with van der Waals surface area (Å²) in [7, 11) is -0.791. The molecule has 0 aromatic heterocycles. The number of ether oxygens (including phenoxy) is 1. The summed E-state index contributed by atoms with van der Waals surface area (Å²) in [6.45, 7) is 0. The van der Waals surface area contributed by atoms with Crippen LogP contribution in [0.2, 0.25) is 0 Å². The summed E-state index contributed by atoms with van der Waals surface area (Å²) in [4.78, 5) is 0. The molecule has 3 aliphatic carbocycles. The fraction of sp³-hybridized carbons (Fsp3) is 0.480.